The van der Waals surface area contributed by atoms with E-state index < -0.39 is 8.41 Å². The van der Waals surface area contributed by atoms with Crippen LogP contribution in [0.1, 0.15) is 67.9 Å². The van der Waals surface area contributed by atoms with E-state index in [-0.39, 0.29) is 15.5 Å². The molecule has 0 bridgehead atoms. The molecule has 1 rings (SSSR count). The maximum absolute atomic E-state index is 16.1. The van der Waals surface area contributed by atoms with Crippen molar-refractivity contribution >= 4 is 13.6 Å². The first-order valence-corrected chi connectivity index (χ1v) is 9.39. The van der Waals surface area contributed by atoms with E-state index in [1.807, 2.05) is 53.7 Å². The van der Waals surface area contributed by atoms with Gasteiger partial charge >= 0.3 is 0 Å². The Kier molecular flexibility index (Phi) is 4.33. The van der Waals surface area contributed by atoms with Gasteiger partial charge in [0.05, 0.1) is 0 Å². The lowest BCUT2D eigenvalue weighted by Gasteiger charge is -2.45. The second-order valence-electron chi connectivity index (χ2n) is 8.99. The van der Waals surface area contributed by atoms with Crippen LogP contribution < -0.4 is 5.19 Å². The third kappa shape index (κ3) is 3.00. The molecule has 114 valence electrons. The minimum absolute atomic E-state index is 0.114. The van der Waals surface area contributed by atoms with Crippen LogP contribution >= 0.6 is 0 Å². The van der Waals surface area contributed by atoms with E-state index in [0.29, 0.717) is 0 Å². The van der Waals surface area contributed by atoms with E-state index in [1.54, 1.807) is 0 Å². The molecule has 0 atom stereocenters. The van der Waals surface area contributed by atoms with Crippen LogP contribution in [0.15, 0.2) is 24.3 Å². The second kappa shape index (κ2) is 4.98. The molecule has 0 aliphatic rings. The Hall–Kier alpha value is -0.633. The third-order valence-electron chi connectivity index (χ3n) is 4.22. The summed E-state index contributed by atoms with van der Waals surface area (Å²) in [6.45, 7) is 18.8. The van der Waals surface area contributed by atoms with Gasteiger partial charge in [0.1, 0.15) is 0 Å². The van der Waals surface area contributed by atoms with Crippen molar-refractivity contribution in [2.75, 3.05) is 0 Å². The molecule has 0 fully saturated rings. The fourth-order valence-electron chi connectivity index (χ4n) is 3.19. The topological polar surface area (TPSA) is 0 Å². The average Bonchev–Trinajstić information content (AvgIpc) is 2.24. The van der Waals surface area contributed by atoms with Crippen molar-refractivity contribution in [3.63, 3.8) is 0 Å². The SMILES string of the molecule is CC(C)(C)c1ccc([Si]([18F])(C(C)(C)C)C(C)(C)C)cc1. The molecule has 0 spiro atoms. The fourth-order valence-corrected chi connectivity index (χ4v) is 7.80. The van der Waals surface area contributed by atoms with Gasteiger partial charge in [-0.25, -0.2) is 0 Å². The van der Waals surface area contributed by atoms with Crippen molar-refractivity contribution in [2.45, 2.75) is 77.8 Å². The van der Waals surface area contributed by atoms with Gasteiger partial charge in [0.25, 0.3) is 8.41 Å². The molecule has 2 heteroatoms. The van der Waals surface area contributed by atoms with Gasteiger partial charge in [0.15, 0.2) is 0 Å². The lowest BCUT2D eigenvalue weighted by molar-refractivity contribution is 0.534. The number of rotatable bonds is 1. The summed E-state index contributed by atoms with van der Waals surface area (Å²) in [4.78, 5) is 0. The molecule has 0 aliphatic carbocycles. The predicted molar refractivity (Wildman–Crippen MR) is 91.1 cm³/mol. The largest absolute Gasteiger partial charge is 0.307 e. The van der Waals surface area contributed by atoms with Crippen LogP contribution in [0.3, 0.4) is 0 Å². The fraction of sp³-hybridized carbons (Fsp3) is 0.667. The van der Waals surface area contributed by atoms with Gasteiger partial charge in [0, 0.05) is 0 Å². The quantitative estimate of drug-likeness (QED) is 0.460. The first-order chi connectivity index (χ1) is 8.71. The van der Waals surface area contributed by atoms with Gasteiger partial charge in [-0.1, -0.05) is 86.6 Å². The summed E-state index contributed by atoms with van der Waals surface area (Å²) in [7, 11) is -3.11. The molecular formula is C18H31FSi. The number of halogens is 1. The van der Waals surface area contributed by atoms with Crippen LogP contribution in [0.4, 0.5) is 4.11 Å². The highest BCUT2D eigenvalue weighted by molar-refractivity contribution is 6.90. The van der Waals surface area contributed by atoms with E-state index in [0.717, 1.165) is 5.19 Å². The molecule has 0 unspecified atom stereocenters. The zero-order chi connectivity index (χ0) is 16.0. The van der Waals surface area contributed by atoms with Crippen LogP contribution in [0, 0.1) is 0 Å². The lowest BCUT2D eigenvalue weighted by atomic mass is 9.87. The van der Waals surface area contributed by atoms with Gasteiger partial charge in [-0.3, -0.25) is 0 Å². The molecule has 0 saturated carbocycles. The first kappa shape index (κ1) is 17.4. The molecule has 0 saturated heterocycles. The van der Waals surface area contributed by atoms with E-state index in [1.165, 1.54) is 5.56 Å². The van der Waals surface area contributed by atoms with Crippen molar-refractivity contribution in [3.05, 3.63) is 29.8 Å². The highest BCUT2D eigenvalue weighted by Gasteiger charge is 2.56. The lowest BCUT2D eigenvalue weighted by Crippen LogP contribution is -2.57. The highest BCUT2D eigenvalue weighted by Crippen LogP contribution is 2.51. The second-order valence-corrected chi connectivity index (χ2v) is 13.9. The Morgan fingerprint density at radius 3 is 1.30 bits per heavy atom. The van der Waals surface area contributed by atoms with Crippen molar-refractivity contribution in [3.8, 4) is 0 Å². The zero-order valence-corrected chi connectivity index (χ0v) is 15.7. The van der Waals surface area contributed by atoms with E-state index in [9.17, 15) is 0 Å². The summed E-state index contributed by atoms with van der Waals surface area (Å²) in [5.41, 5.74) is 1.38. The van der Waals surface area contributed by atoms with Gasteiger partial charge in [-0.2, -0.15) is 0 Å². The summed E-state index contributed by atoms with van der Waals surface area (Å²) in [6, 6.07) is 8.27. The molecule has 1 aromatic rings. The molecule has 0 amide bonds. The molecule has 0 aliphatic heterocycles. The van der Waals surface area contributed by atoms with E-state index >= 15 is 4.11 Å². The maximum Gasteiger partial charge on any atom is 0.288 e. The smallest absolute Gasteiger partial charge is 0.288 e. The van der Waals surface area contributed by atoms with Crippen molar-refractivity contribution < 1.29 is 4.11 Å². The van der Waals surface area contributed by atoms with Crippen LogP contribution in [0.25, 0.3) is 0 Å². The zero-order valence-electron chi connectivity index (χ0n) is 14.7. The third-order valence-corrected chi connectivity index (χ3v) is 9.48. The van der Waals surface area contributed by atoms with Gasteiger partial charge in [0.2, 0.25) is 0 Å². The maximum atomic E-state index is 16.1. The van der Waals surface area contributed by atoms with Gasteiger partial charge in [-0.15, -0.1) is 0 Å². The van der Waals surface area contributed by atoms with Crippen LogP contribution in [-0.2, 0) is 5.41 Å². The molecule has 20 heavy (non-hydrogen) atoms. The van der Waals surface area contributed by atoms with Crippen molar-refractivity contribution in [1.82, 2.24) is 0 Å². The highest BCUT2D eigenvalue weighted by atomic mass is 28.4. The van der Waals surface area contributed by atoms with E-state index in [2.05, 4.69) is 32.9 Å². The normalized spacial score (nSPS) is 14.5. The Morgan fingerprint density at radius 1 is 0.700 bits per heavy atom. The van der Waals surface area contributed by atoms with Crippen LogP contribution in [0.5, 0.6) is 0 Å². The number of hydrogen-bond acceptors (Lipinski definition) is 0. The number of benzene rings is 1. The summed E-state index contributed by atoms with van der Waals surface area (Å²) >= 11 is 0. The molecular weight excluding hydrogens is 262 g/mol. The van der Waals surface area contributed by atoms with Gasteiger partial charge < -0.3 is 4.11 Å². The summed E-state index contributed by atoms with van der Waals surface area (Å²) in [6.07, 6.45) is 0. The minimum Gasteiger partial charge on any atom is -0.307 e. The Balaban J connectivity index is 3.39. The molecule has 0 N–H and O–H groups in total. The molecule has 1 aromatic carbocycles. The standard InChI is InChI=1S/C18H31FSi/c1-16(2,3)14-10-12-15(13-11-14)20(19,17(4,5)6)18(7,8)9/h10-13H,1-9H3/i19-1. The Bertz CT molecular complexity index is 438. The first-order valence-electron chi connectivity index (χ1n) is 7.51. The Morgan fingerprint density at radius 2 is 1.05 bits per heavy atom. The summed E-state index contributed by atoms with van der Waals surface area (Å²) in [5.74, 6) is 0. The van der Waals surface area contributed by atoms with Crippen LogP contribution in [-0.4, -0.2) is 8.41 Å². The molecule has 0 aromatic heterocycles. The number of hydrogen-bond donors (Lipinski definition) is 0. The minimum atomic E-state index is -3.11. The average molecular weight is 294 g/mol. The van der Waals surface area contributed by atoms with Crippen molar-refractivity contribution in [2.24, 2.45) is 0 Å². The summed E-state index contributed by atoms with van der Waals surface area (Å²) < 4.78 is 16.1. The molecule has 0 radical (unpaired) electrons. The van der Waals surface area contributed by atoms with Gasteiger partial charge in [-0.05, 0) is 26.2 Å². The predicted octanol–water partition coefficient (Wildman–Crippen LogP) is 5.71. The van der Waals surface area contributed by atoms with Crippen molar-refractivity contribution in [1.29, 1.82) is 0 Å². The molecule has 0 nitrogen and oxygen atoms in total. The molecule has 0 heterocycles. The monoisotopic (exact) mass is 293 g/mol. The van der Waals surface area contributed by atoms with Crippen LogP contribution in [0.2, 0.25) is 10.1 Å². The summed E-state index contributed by atoms with van der Waals surface area (Å²) in [5, 5.41) is 0.300. The van der Waals surface area contributed by atoms with E-state index in [4.69, 9.17) is 0 Å². The Labute approximate surface area is 126 Å².